The van der Waals surface area contributed by atoms with Crippen molar-refractivity contribution >= 4 is 35.8 Å². The van der Waals surface area contributed by atoms with Gasteiger partial charge in [-0.15, -0.1) is 0 Å². The molecule has 0 aromatic heterocycles. The van der Waals surface area contributed by atoms with E-state index in [2.05, 4.69) is 0 Å². The van der Waals surface area contributed by atoms with Gasteiger partial charge in [0.15, 0.2) is 0 Å². The van der Waals surface area contributed by atoms with Crippen molar-refractivity contribution in [2.45, 2.75) is 46.6 Å². The molecule has 0 saturated heterocycles. The summed E-state index contributed by atoms with van der Waals surface area (Å²) in [5, 5.41) is 47.4. The summed E-state index contributed by atoms with van der Waals surface area (Å²) >= 11 is 0. The van der Waals surface area contributed by atoms with Crippen molar-refractivity contribution < 1.29 is 89.0 Å². The summed E-state index contributed by atoms with van der Waals surface area (Å²) in [6.07, 6.45) is -0.224. The number of carbonyl (C=O) groups is 6. The van der Waals surface area contributed by atoms with Crippen LogP contribution in [-0.4, -0.2) is 67.4 Å². The molecule has 0 aromatic carbocycles. The molecule has 154 valence electrons. The molecule has 0 amide bonds. The summed E-state index contributed by atoms with van der Waals surface area (Å²) in [6, 6.07) is -1.06. The van der Waals surface area contributed by atoms with E-state index in [0.29, 0.717) is 0 Å². The van der Waals surface area contributed by atoms with E-state index in [0.717, 1.165) is 27.7 Å². The maximum absolute atomic E-state index is 9.99. The molecule has 27 heavy (non-hydrogen) atoms. The first kappa shape index (κ1) is 39.7. The molecule has 0 aliphatic carbocycles. The second-order valence-corrected chi connectivity index (χ2v) is 3.93. The number of carboxylic acid groups (broad SMARTS) is 6. The maximum Gasteiger partial charge on any atom is 1.00 e. The first-order chi connectivity index (χ1) is 11.5. The molecule has 0 unspecified atom stereocenters. The van der Waals surface area contributed by atoms with Crippen LogP contribution in [0.1, 0.15) is 40.5 Å². The summed E-state index contributed by atoms with van der Waals surface area (Å²) < 4.78 is 0. The summed E-state index contributed by atoms with van der Waals surface area (Å²) in [6.45, 7) is 4.22. The van der Waals surface area contributed by atoms with E-state index in [1.165, 1.54) is 0 Å². The maximum atomic E-state index is 9.99. The van der Waals surface area contributed by atoms with E-state index in [1.807, 2.05) is 0 Å². The molecule has 0 saturated carbocycles. The smallest absolute Gasteiger partial charge is 0.550 e. The Morgan fingerprint density at radius 1 is 0.778 bits per heavy atom. The summed E-state index contributed by atoms with van der Waals surface area (Å²) in [7, 11) is 0. The van der Waals surface area contributed by atoms with Gasteiger partial charge in [0.1, 0.15) is 6.04 Å². The average molecular weight is 409 g/mol. The predicted octanol–water partition coefficient (Wildman–Crippen LogP) is -4.70. The molecular weight excluding hydrogens is 385 g/mol. The molecule has 13 nitrogen and oxygen atoms in total. The van der Waals surface area contributed by atoms with Gasteiger partial charge in [-0.1, -0.05) is 0 Å². The van der Waals surface area contributed by atoms with E-state index < -0.39 is 41.9 Å². The van der Waals surface area contributed by atoms with Crippen LogP contribution in [0.15, 0.2) is 0 Å². The van der Waals surface area contributed by atoms with Gasteiger partial charge in [-0.2, -0.15) is 0 Å². The Hall–Kier alpha value is -2.22. The summed E-state index contributed by atoms with van der Waals surface area (Å²) in [4.78, 5) is 55.8. The molecule has 7 N–H and O–H groups in total. The minimum absolute atomic E-state index is 0. The molecule has 0 spiro atoms. The van der Waals surface area contributed by atoms with Crippen LogP contribution in [0.2, 0.25) is 0 Å². The van der Waals surface area contributed by atoms with Gasteiger partial charge in [0.25, 0.3) is 17.9 Å². The van der Waals surface area contributed by atoms with Crippen molar-refractivity contribution in [1.29, 1.82) is 0 Å². The average Bonchev–Trinajstić information content (AvgIpc) is 2.32. The molecule has 0 heterocycles. The van der Waals surface area contributed by atoms with Crippen LogP contribution in [0, 0.1) is 0 Å². The Morgan fingerprint density at radius 2 is 0.963 bits per heavy atom. The van der Waals surface area contributed by atoms with Crippen LogP contribution < -0.4 is 40.4 Å². The SMILES string of the molecule is CC(=O)O.CC(=O)O.CC(=O)O.CC(=O)[O-].N[C@@H](CCC(=O)O)C(=O)O.[Na+]. The van der Waals surface area contributed by atoms with E-state index in [4.69, 9.17) is 55.6 Å². The van der Waals surface area contributed by atoms with Gasteiger partial charge in [-0.25, -0.2) is 0 Å². The largest absolute Gasteiger partial charge is 1.00 e. The van der Waals surface area contributed by atoms with Crippen molar-refractivity contribution in [1.82, 2.24) is 0 Å². The Morgan fingerprint density at radius 3 is 1.07 bits per heavy atom. The third kappa shape index (κ3) is 245. The molecule has 0 rings (SSSR count). The molecule has 0 aromatic rings. The fourth-order valence-electron chi connectivity index (χ4n) is 0.402. The number of nitrogens with two attached hydrogens (primary N) is 1. The minimum Gasteiger partial charge on any atom is -0.550 e. The quantitative estimate of drug-likeness (QED) is 0.239. The first-order valence-electron chi connectivity index (χ1n) is 6.43. The fraction of sp³-hybridized carbons (Fsp3) is 0.538. The van der Waals surface area contributed by atoms with Gasteiger partial charge in [0.05, 0.1) is 0 Å². The number of hydrogen-bond acceptors (Lipinski definition) is 8. The number of carbonyl (C=O) groups excluding carboxylic acids is 1. The predicted molar refractivity (Wildman–Crippen MR) is 83.1 cm³/mol. The van der Waals surface area contributed by atoms with E-state index >= 15 is 0 Å². The van der Waals surface area contributed by atoms with Crippen LogP contribution in [0.4, 0.5) is 0 Å². The molecule has 1 atom stereocenters. The van der Waals surface area contributed by atoms with Crippen LogP contribution in [0.5, 0.6) is 0 Å². The third-order valence-corrected chi connectivity index (χ3v) is 0.986. The zero-order valence-electron chi connectivity index (χ0n) is 15.7. The second-order valence-electron chi connectivity index (χ2n) is 3.93. The summed E-state index contributed by atoms with van der Waals surface area (Å²) in [5.74, 6) is -5.78. The molecule has 14 heteroatoms. The van der Waals surface area contributed by atoms with Crippen LogP contribution in [0.3, 0.4) is 0 Å². The topological polar surface area (TPSA) is 253 Å². The molecular formula is C13H24NNaO12. The van der Waals surface area contributed by atoms with Crippen molar-refractivity contribution in [2.24, 2.45) is 5.73 Å². The zero-order valence-corrected chi connectivity index (χ0v) is 17.7. The first-order valence-corrected chi connectivity index (χ1v) is 6.43. The normalized spacial score (nSPS) is 8.33. The van der Waals surface area contributed by atoms with Crippen molar-refractivity contribution in [3.05, 3.63) is 0 Å². The summed E-state index contributed by atoms with van der Waals surface area (Å²) in [5.41, 5.74) is 5.00. The van der Waals surface area contributed by atoms with Gasteiger partial charge in [-0.05, 0) is 13.3 Å². The van der Waals surface area contributed by atoms with E-state index in [-0.39, 0.29) is 42.4 Å². The number of aliphatic carboxylic acids is 6. The Bertz CT molecular complexity index is 389. The molecule has 0 aliphatic heterocycles. The van der Waals surface area contributed by atoms with E-state index in [1.54, 1.807) is 0 Å². The van der Waals surface area contributed by atoms with Gasteiger partial charge in [-0.3, -0.25) is 24.0 Å². The molecule has 0 aliphatic rings. The number of carboxylic acids is 6. The number of hydrogen-bond donors (Lipinski definition) is 6. The zero-order chi connectivity index (χ0) is 22.5. The van der Waals surface area contributed by atoms with Crippen molar-refractivity contribution in [2.75, 3.05) is 0 Å². The molecule has 0 radical (unpaired) electrons. The van der Waals surface area contributed by atoms with Crippen LogP contribution in [0.25, 0.3) is 0 Å². The van der Waals surface area contributed by atoms with Gasteiger partial charge in [0.2, 0.25) is 0 Å². The monoisotopic (exact) mass is 409 g/mol. The van der Waals surface area contributed by atoms with Crippen molar-refractivity contribution in [3.63, 3.8) is 0 Å². The molecule has 0 fully saturated rings. The van der Waals surface area contributed by atoms with Gasteiger partial charge < -0.3 is 41.2 Å². The van der Waals surface area contributed by atoms with Gasteiger partial charge in [0, 0.05) is 33.2 Å². The number of rotatable bonds is 4. The molecule has 0 bridgehead atoms. The Kier molecular flexibility index (Phi) is 42.1. The minimum atomic E-state index is -1.17. The standard InChI is InChI=1S/C5H9NO4.4C2H4O2.Na/c6-3(5(9)10)1-2-4(7)8;4*1-2(3)4;/h3H,1-2,6H2,(H,7,8)(H,9,10);4*1H3,(H,3,4);/q;;;;;+1/p-1/t3-;;;;;/m0...../s1. The van der Waals surface area contributed by atoms with Crippen LogP contribution >= 0.6 is 0 Å². The van der Waals surface area contributed by atoms with Crippen LogP contribution in [-0.2, 0) is 28.8 Å². The van der Waals surface area contributed by atoms with Gasteiger partial charge >= 0.3 is 41.5 Å². The van der Waals surface area contributed by atoms with Crippen molar-refractivity contribution in [3.8, 4) is 0 Å². The fourth-order valence-corrected chi connectivity index (χ4v) is 0.402. The third-order valence-electron chi connectivity index (χ3n) is 0.986. The van der Waals surface area contributed by atoms with E-state index in [9.17, 15) is 9.59 Å². The Balaban J connectivity index is -0.0000000552. The second kappa shape index (κ2) is 28.6. The Labute approximate surface area is 177 Å².